The van der Waals surface area contributed by atoms with Gasteiger partial charge >= 0.3 is 0 Å². The molecule has 2 unspecified atom stereocenters. The van der Waals surface area contributed by atoms with E-state index in [1.807, 2.05) is 0 Å². The quantitative estimate of drug-likeness (QED) is 0.839. The molecule has 2 aliphatic rings. The lowest BCUT2D eigenvalue weighted by Gasteiger charge is -2.43. The van der Waals surface area contributed by atoms with E-state index < -0.39 is 0 Å². The lowest BCUT2D eigenvalue weighted by molar-refractivity contribution is -0.131. The Morgan fingerprint density at radius 1 is 1.35 bits per heavy atom. The first kappa shape index (κ1) is 13.7. The smallest absolute Gasteiger partial charge is 0.0736 e. The van der Waals surface area contributed by atoms with Gasteiger partial charge in [-0.2, -0.15) is 11.8 Å². The molecule has 100 valence electrons. The minimum Gasteiger partial charge on any atom is -0.381 e. The zero-order valence-electron chi connectivity index (χ0n) is 10.8. The highest BCUT2D eigenvalue weighted by Crippen LogP contribution is 2.38. The van der Waals surface area contributed by atoms with E-state index in [2.05, 4.69) is 18.7 Å². The van der Waals surface area contributed by atoms with Gasteiger partial charge < -0.3 is 15.2 Å². The van der Waals surface area contributed by atoms with Gasteiger partial charge in [-0.15, -0.1) is 0 Å². The molecule has 2 aliphatic heterocycles. The second-order valence-electron chi connectivity index (χ2n) is 5.43. The Bertz CT molecular complexity index is 226. The normalized spacial score (nSPS) is 30.4. The van der Waals surface area contributed by atoms with E-state index in [1.54, 1.807) is 0 Å². The first-order valence-corrected chi connectivity index (χ1v) is 7.82. The van der Waals surface area contributed by atoms with Crippen LogP contribution in [0.2, 0.25) is 0 Å². The van der Waals surface area contributed by atoms with Gasteiger partial charge in [0.05, 0.1) is 5.60 Å². The Morgan fingerprint density at radius 3 is 2.82 bits per heavy atom. The van der Waals surface area contributed by atoms with Crippen LogP contribution in [-0.4, -0.2) is 43.0 Å². The van der Waals surface area contributed by atoms with Crippen LogP contribution in [0.3, 0.4) is 0 Å². The van der Waals surface area contributed by atoms with Gasteiger partial charge in [-0.1, -0.05) is 6.92 Å². The Hall–Kier alpha value is 0.230. The van der Waals surface area contributed by atoms with Crippen LogP contribution in [0.15, 0.2) is 0 Å². The monoisotopic (exact) mass is 259 g/mol. The fourth-order valence-electron chi connectivity index (χ4n) is 2.59. The van der Waals surface area contributed by atoms with E-state index in [1.165, 1.54) is 18.6 Å². The van der Waals surface area contributed by atoms with E-state index in [-0.39, 0.29) is 5.60 Å². The van der Waals surface area contributed by atoms with E-state index in [0.717, 1.165) is 44.5 Å². The van der Waals surface area contributed by atoms with Crippen LogP contribution in [-0.2, 0) is 9.47 Å². The highest BCUT2D eigenvalue weighted by atomic mass is 32.2. The molecule has 2 N–H and O–H groups in total. The van der Waals surface area contributed by atoms with Gasteiger partial charge in [-0.25, -0.2) is 0 Å². The third kappa shape index (κ3) is 3.85. The zero-order chi connectivity index (χ0) is 12.1. The van der Waals surface area contributed by atoms with Crippen LogP contribution < -0.4 is 5.73 Å². The lowest BCUT2D eigenvalue weighted by atomic mass is 9.86. The van der Waals surface area contributed by atoms with E-state index in [4.69, 9.17) is 15.2 Å². The predicted molar refractivity (Wildman–Crippen MR) is 72.4 cm³/mol. The fraction of sp³-hybridized carbons (Fsp3) is 1.00. The molecular formula is C13H25NO2S. The topological polar surface area (TPSA) is 44.5 Å². The summed E-state index contributed by atoms with van der Waals surface area (Å²) in [4.78, 5) is 0. The van der Waals surface area contributed by atoms with Crippen molar-refractivity contribution in [1.29, 1.82) is 0 Å². The van der Waals surface area contributed by atoms with Crippen molar-refractivity contribution < 1.29 is 9.47 Å². The van der Waals surface area contributed by atoms with Crippen molar-refractivity contribution in [2.45, 2.75) is 43.5 Å². The number of hydrogen-bond donors (Lipinski definition) is 1. The van der Waals surface area contributed by atoms with Crippen LogP contribution in [0, 0.1) is 5.92 Å². The number of thioether (sulfide) groups is 1. The predicted octanol–water partition coefficient (Wildman–Crippen LogP) is 2.04. The summed E-state index contributed by atoms with van der Waals surface area (Å²) in [6.07, 6.45) is 4.57. The van der Waals surface area contributed by atoms with Gasteiger partial charge in [0.25, 0.3) is 0 Å². The molecule has 4 heteroatoms. The summed E-state index contributed by atoms with van der Waals surface area (Å²) in [5.41, 5.74) is 5.81. The van der Waals surface area contributed by atoms with E-state index >= 15 is 0 Å². The molecular weight excluding hydrogens is 234 g/mol. The molecule has 2 atom stereocenters. The molecule has 2 fully saturated rings. The molecule has 0 aromatic carbocycles. The standard InChI is InChI=1S/C13H25NO2S/c1-11(9-14)10-17-12-2-5-16-13(8-12)3-6-15-7-4-13/h11-12H,2-10,14H2,1H3. The van der Waals surface area contributed by atoms with Crippen molar-refractivity contribution in [3.63, 3.8) is 0 Å². The van der Waals surface area contributed by atoms with Crippen LogP contribution in [0.4, 0.5) is 0 Å². The Morgan fingerprint density at radius 2 is 2.12 bits per heavy atom. The number of rotatable bonds is 4. The van der Waals surface area contributed by atoms with Crippen LogP contribution >= 0.6 is 11.8 Å². The van der Waals surface area contributed by atoms with Gasteiger partial charge in [0.2, 0.25) is 0 Å². The maximum Gasteiger partial charge on any atom is 0.0736 e. The lowest BCUT2D eigenvalue weighted by Crippen LogP contribution is -2.45. The molecule has 0 radical (unpaired) electrons. The largest absolute Gasteiger partial charge is 0.381 e. The molecule has 3 nitrogen and oxygen atoms in total. The second kappa shape index (κ2) is 6.41. The van der Waals surface area contributed by atoms with Gasteiger partial charge in [-0.3, -0.25) is 0 Å². The number of hydrogen-bond acceptors (Lipinski definition) is 4. The van der Waals surface area contributed by atoms with Crippen molar-refractivity contribution in [1.82, 2.24) is 0 Å². The van der Waals surface area contributed by atoms with Gasteiger partial charge in [0.15, 0.2) is 0 Å². The number of ether oxygens (including phenoxy) is 2. The van der Waals surface area contributed by atoms with Gasteiger partial charge in [0.1, 0.15) is 0 Å². The average Bonchev–Trinajstić information content (AvgIpc) is 2.37. The summed E-state index contributed by atoms with van der Waals surface area (Å²) in [5.74, 6) is 1.82. The van der Waals surface area contributed by atoms with E-state index in [9.17, 15) is 0 Å². The molecule has 0 saturated carbocycles. The highest BCUT2D eigenvalue weighted by Gasteiger charge is 2.39. The number of nitrogens with two attached hydrogens (primary N) is 1. The summed E-state index contributed by atoms with van der Waals surface area (Å²) in [6, 6.07) is 0. The average molecular weight is 259 g/mol. The molecule has 2 heterocycles. The summed E-state index contributed by atoms with van der Waals surface area (Å²) < 4.78 is 11.5. The van der Waals surface area contributed by atoms with Crippen LogP contribution in [0.5, 0.6) is 0 Å². The van der Waals surface area contributed by atoms with Crippen molar-refractivity contribution >= 4 is 11.8 Å². The van der Waals surface area contributed by atoms with Crippen molar-refractivity contribution in [2.75, 3.05) is 32.1 Å². The van der Waals surface area contributed by atoms with Gasteiger partial charge in [0, 0.05) is 25.1 Å². The third-order valence-corrected chi connectivity index (χ3v) is 5.51. The van der Waals surface area contributed by atoms with Crippen LogP contribution in [0.25, 0.3) is 0 Å². The zero-order valence-corrected chi connectivity index (χ0v) is 11.6. The molecule has 2 rings (SSSR count). The first-order chi connectivity index (χ1) is 8.24. The minimum atomic E-state index is 0.139. The highest BCUT2D eigenvalue weighted by molar-refractivity contribution is 7.99. The molecule has 0 bridgehead atoms. The molecule has 0 aromatic heterocycles. The minimum absolute atomic E-state index is 0.139. The molecule has 17 heavy (non-hydrogen) atoms. The summed E-state index contributed by atoms with van der Waals surface area (Å²) in [6.45, 7) is 5.70. The Kier molecular flexibility index (Phi) is 5.15. The van der Waals surface area contributed by atoms with Gasteiger partial charge in [-0.05, 0) is 43.9 Å². The van der Waals surface area contributed by atoms with E-state index in [0.29, 0.717) is 5.92 Å². The van der Waals surface area contributed by atoms with Crippen molar-refractivity contribution in [2.24, 2.45) is 11.7 Å². The SMILES string of the molecule is CC(CN)CSC1CCOC2(CCOCC2)C1. The molecule has 0 aromatic rings. The second-order valence-corrected chi connectivity index (χ2v) is 6.77. The molecule has 0 aliphatic carbocycles. The third-order valence-electron chi connectivity index (χ3n) is 3.87. The van der Waals surface area contributed by atoms with Crippen LogP contribution in [0.1, 0.15) is 32.6 Å². The Labute approximate surface area is 109 Å². The Balaban J connectivity index is 1.79. The maximum atomic E-state index is 6.05. The summed E-state index contributed by atoms with van der Waals surface area (Å²) in [5, 5.41) is 0.760. The van der Waals surface area contributed by atoms with Crippen molar-refractivity contribution in [3.05, 3.63) is 0 Å². The maximum absolute atomic E-state index is 6.05. The molecule has 1 spiro atoms. The first-order valence-electron chi connectivity index (χ1n) is 6.77. The van der Waals surface area contributed by atoms with Crippen molar-refractivity contribution in [3.8, 4) is 0 Å². The molecule has 0 amide bonds. The summed E-state index contributed by atoms with van der Waals surface area (Å²) in [7, 11) is 0. The molecule has 2 saturated heterocycles. The summed E-state index contributed by atoms with van der Waals surface area (Å²) >= 11 is 2.10. The fourth-order valence-corrected chi connectivity index (χ4v) is 4.01.